The number of carbonyl (C=O) groups excluding carboxylic acids is 1. The van der Waals surface area contributed by atoms with E-state index in [0.717, 1.165) is 6.42 Å². The second-order valence-electron chi connectivity index (χ2n) is 2.75. The van der Waals surface area contributed by atoms with Crippen molar-refractivity contribution < 1.29 is 9.53 Å². The van der Waals surface area contributed by atoms with E-state index in [9.17, 15) is 4.79 Å². The zero-order valence-electron chi connectivity index (χ0n) is 7.91. The fourth-order valence-corrected chi connectivity index (χ4v) is 1.13. The molecule has 1 rings (SSSR count). The zero-order valence-corrected chi connectivity index (χ0v) is 7.91. The molecule has 1 aromatic heterocycles. The number of methoxy groups -OCH3 is 1. The van der Waals surface area contributed by atoms with Crippen LogP contribution >= 0.6 is 0 Å². The van der Waals surface area contributed by atoms with Gasteiger partial charge in [0, 0.05) is 12.6 Å². The average Bonchev–Trinajstić information content (AvgIpc) is 2.18. The van der Waals surface area contributed by atoms with Crippen LogP contribution in [0.15, 0.2) is 18.5 Å². The van der Waals surface area contributed by atoms with Crippen LogP contribution in [0.25, 0.3) is 0 Å². The first-order valence-electron chi connectivity index (χ1n) is 4.30. The van der Waals surface area contributed by atoms with Crippen molar-refractivity contribution in [3.8, 4) is 5.75 Å². The Morgan fingerprint density at radius 3 is 3.00 bits per heavy atom. The van der Waals surface area contributed by atoms with Crippen LogP contribution in [0.2, 0.25) is 0 Å². The molecule has 0 amide bonds. The molecular weight excluding hydrogens is 166 g/mol. The number of ether oxygens (including phenoxy) is 1. The van der Waals surface area contributed by atoms with E-state index in [2.05, 4.69) is 4.98 Å². The van der Waals surface area contributed by atoms with E-state index in [-0.39, 0.29) is 5.78 Å². The number of nitrogens with zero attached hydrogens (tertiary/aromatic N) is 1. The smallest absolute Gasteiger partial charge is 0.166 e. The van der Waals surface area contributed by atoms with Gasteiger partial charge in [0.1, 0.15) is 5.75 Å². The Bertz CT molecular complexity index is 297. The summed E-state index contributed by atoms with van der Waals surface area (Å²) in [5, 5.41) is 0. The maximum atomic E-state index is 11.5. The predicted molar refractivity (Wildman–Crippen MR) is 50.0 cm³/mol. The van der Waals surface area contributed by atoms with Gasteiger partial charge < -0.3 is 4.74 Å². The highest BCUT2D eigenvalue weighted by molar-refractivity contribution is 5.98. The van der Waals surface area contributed by atoms with Gasteiger partial charge in [0.25, 0.3) is 0 Å². The third-order valence-electron chi connectivity index (χ3n) is 1.78. The molecule has 0 N–H and O–H groups in total. The lowest BCUT2D eigenvalue weighted by atomic mass is 10.1. The highest BCUT2D eigenvalue weighted by Crippen LogP contribution is 2.17. The number of ketones is 1. The fourth-order valence-electron chi connectivity index (χ4n) is 1.13. The van der Waals surface area contributed by atoms with Crippen LogP contribution < -0.4 is 4.74 Å². The van der Waals surface area contributed by atoms with E-state index in [0.29, 0.717) is 17.7 Å². The predicted octanol–water partition coefficient (Wildman–Crippen LogP) is 2.07. The van der Waals surface area contributed by atoms with Gasteiger partial charge in [-0.05, 0) is 12.5 Å². The van der Waals surface area contributed by atoms with Crippen molar-refractivity contribution in [2.45, 2.75) is 19.8 Å². The maximum absolute atomic E-state index is 11.5. The molecule has 0 spiro atoms. The molecule has 0 bridgehead atoms. The number of pyridine rings is 1. The standard InChI is InChI=1S/C10H13NO2/c1-3-4-9(12)8-5-6-11-7-10(8)13-2/h5-7H,3-4H2,1-2H3. The van der Waals surface area contributed by atoms with Gasteiger partial charge in [-0.25, -0.2) is 0 Å². The molecule has 0 saturated carbocycles. The minimum Gasteiger partial charge on any atom is -0.494 e. The van der Waals surface area contributed by atoms with Crippen molar-refractivity contribution in [1.82, 2.24) is 4.98 Å². The molecule has 3 heteroatoms. The lowest BCUT2D eigenvalue weighted by Crippen LogP contribution is -2.01. The molecule has 3 nitrogen and oxygen atoms in total. The first-order chi connectivity index (χ1) is 6.29. The second-order valence-corrected chi connectivity index (χ2v) is 2.75. The van der Waals surface area contributed by atoms with Crippen LogP contribution in [-0.4, -0.2) is 17.9 Å². The largest absolute Gasteiger partial charge is 0.494 e. The monoisotopic (exact) mass is 179 g/mol. The molecule has 0 aromatic carbocycles. The van der Waals surface area contributed by atoms with Gasteiger partial charge in [-0.1, -0.05) is 6.92 Å². The van der Waals surface area contributed by atoms with Crippen LogP contribution in [0.3, 0.4) is 0 Å². The lowest BCUT2D eigenvalue weighted by molar-refractivity contribution is 0.0978. The summed E-state index contributed by atoms with van der Waals surface area (Å²) in [5.41, 5.74) is 0.624. The molecule has 0 fully saturated rings. The van der Waals surface area contributed by atoms with Crippen molar-refractivity contribution in [2.75, 3.05) is 7.11 Å². The Balaban J connectivity index is 2.92. The number of aromatic nitrogens is 1. The Morgan fingerprint density at radius 2 is 2.38 bits per heavy atom. The van der Waals surface area contributed by atoms with Crippen molar-refractivity contribution in [3.05, 3.63) is 24.0 Å². The number of carbonyl (C=O) groups is 1. The van der Waals surface area contributed by atoms with E-state index in [1.54, 1.807) is 25.6 Å². The third-order valence-corrected chi connectivity index (χ3v) is 1.78. The fraction of sp³-hybridized carbons (Fsp3) is 0.400. The van der Waals surface area contributed by atoms with Crippen LogP contribution in [0.1, 0.15) is 30.1 Å². The maximum Gasteiger partial charge on any atom is 0.166 e. The van der Waals surface area contributed by atoms with Crippen LogP contribution in [0.4, 0.5) is 0 Å². The molecule has 13 heavy (non-hydrogen) atoms. The number of hydrogen-bond acceptors (Lipinski definition) is 3. The minimum absolute atomic E-state index is 0.113. The number of hydrogen-bond donors (Lipinski definition) is 0. The summed E-state index contributed by atoms with van der Waals surface area (Å²) < 4.78 is 5.03. The van der Waals surface area contributed by atoms with Crippen molar-refractivity contribution in [3.63, 3.8) is 0 Å². The summed E-state index contributed by atoms with van der Waals surface area (Å²) in [6, 6.07) is 1.69. The highest BCUT2D eigenvalue weighted by Gasteiger charge is 2.09. The van der Waals surface area contributed by atoms with E-state index in [1.807, 2.05) is 6.92 Å². The first kappa shape index (κ1) is 9.71. The summed E-state index contributed by atoms with van der Waals surface area (Å²) >= 11 is 0. The molecule has 0 unspecified atom stereocenters. The Hall–Kier alpha value is -1.38. The van der Waals surface area contributed by atoms with E-state index in [4.69, 9.17) is 4.74 Å². The van der Waals surface area contributed by atoms with Gasteiger partial charge in [-0.3, -0.25) is 9.78 Å². The van der Waals surface area contributed by atoms with E-state index in [1.165, 1.54) is 0 Å². The van der Waals surface area contributed by atoms with Crippen molar-refractivity contribution in [2.24, 2.45) is 0 Å². The summed E-state index contributed by atoms with van der Waals surface area (Å²) in [5.74, 6) is 0.669. The molecule has 1 aromatic rings. The third kappa shape index (κ3) is 2.28. The van der Waals surface area contributed by atoms with Gasteiger partial charge in [-0.2, -0.15) is 0 Å². The molecule has 70 valence electrons. The zero-order chi connectivity index (χ0) is 9.68. The average molecular weight is 179 g/mol. The van der Waals surface area contributed by atoms with Crippen molar-refractivity contribution >= 4 is 5.78 Å². The van der Waals surface area contributed by atoms with Crippen LogP contribution in [-0.2, 0) is 0 Å². The first-order valence-corrected chi connectivity index (χ1v) is 4.30. The number of rotatable bonds is 4. The lowest BCUT2D eigenvalue weighted by Gasteiger charge is -2.04. The summed E-state index contributed by atoms with van der Waals surface area (Å²) in [6.45, 7) is 1.98. The van der Waals surface area contributed by atoms with Gasteiger partial charge >= 0.3 is 0 Å². The van der Waals surface area contributed by atoms with Gasteiger partial charge in [0.2, 0.25) is 0 Å². The molecule has 0 atom stereocenters. The van der Waals surface area contributed by atoms with Gasteiger partial charge in [0.15, 0.2) is 5.78 Å². The molecule has 0 saturated heterocycles. The minimum atomic E-state index is 0.113. The van der Waals surface area contributed by atoms with Crippen LogP contribution in [0, 0.1) is 0 Å². The van der Waals surface area contributed by atoms with Crippen molar-refractivity contribution in [1.29, 1.82) is 0 Å². The highest BCUT2D eigenvalue weighted by atomic mass is 16.5. The summed E-state index contributed by atoms with van der Waals surface area (Å²) in [4.78, 5) is 15.4. The normalized spacial score (nSPS) is 9.69. The van der Waals surface area contributed by atoms with E-state index >= 15 is 0 Å². The molecule has 0 aliphatic carbocycles. The molecule has 1 heterocycles. The SMILES string of the molecule is CCCC(=O)c1ccncc1OC. The van der Waals surface area contributed by atoms with Gasteiger partial charge in [0.05, 0.1) is 18.9 Å². The Morgan fingerprint density at radius 1 is 1.62 bits per heavy atom. The second kappa shape index (κ2) is 4.60. The topological polar surface area (TPSA) is 39.2 Å². The molecule has 0 aliphatic heterocycles. The number of Topliss-reactive ketones (excluding diaryl/α,β-unsaturated/α-hetero) is 1. The summed E-state index contributed by atoms with van der Waals surface area (Å²) in [6.07, 6.45) is 4.57. The Kier molecular flexibility index (Phi) is 3.43. The van der Waals surface area contributed by atoms with Crippen LogP contribution in [0.5, 0.6) is 5.75 Å². The molecule has 0 radical (unpaired) electrons. The quantitative estimate of drug-likeness (QED) is 0.664. The van der Waals surface area contributed by atoms with E-state index < -0.39 is 0 Å². The van der Waals surface area contributed by atoms with Gasteiger partial charge in [-0.15, -0.1) is 0 Å². The Labute approximate surface area is 77.8 Å². The molecular formula is C10H13NO2. The molecule has 0 aliphatic rings. The summed E-state index contributed by atoms with van der Waals surface area (Å²) in [7, 11) is 1.54.